The van der Waals surface area contributed by atoms with Gasteiger partial charge < -0.3 is 20.3 Å². The quantitative estimate of drug-likeness (QED) is 0.298. The van der Waals surface area contributed by atoms with Crippen LogP contribution in [0.4, 0.5) is 0 Å². The summed E-state index contributed by atoms with van der Waals surface area (Å²) in [6.45, 7) is 1.11. The van der Waals surface area contributed by atoms with E-state index in [1.165, 1.54) is 0 Å². The van der Waals surface area contributed by atoms with E-state index in [1.54, 1.807) is 12.1 Å². The van der Waals surface area contributed by atoms with Crippen molar-refractivity contribution in [1.29, 1.82) is 0 Å². The zero-order chi connectivity index (χ0) is 22.0. The Morgan fingerprint density at radius 2 is 1.27 bits per heavy atom. The van der Waals surface area contributed by atoms with Crippen molar-refractivity contribution >= 4 is 17.8 Å². The molecule has 3 N–H and O–H groups in total. The molecule has 0 heterocycles. The molecular formula is C23H35NO6. The first-order valence-corrected chi connectivity index (χ1v) is 10.9. The minimum Gasteiger partial charge on any atom is -0.493 e. The predicted octanol–water partition coefficient (Wildman–Crippen LogP) is 4.65. The van der Waals surface area contributed by atoms with Crippen molar-refractivity contribution in [2.24, 2.45) is 0 Å². The third-order valence-electron chi connectivity index (χ3n) is 4.78. The molecular weight excluding hydrogens is 386 g/mol. The standard InChI is InChI=1S/C23H35NO6/c25-21(26)15-7-3-1-5-11-17-24-23(29)19-13-9-10-14-20(19)30-18-12-6-2-4-8-16-22(27)28/h9-10,13-14H,1-8,11-12,15-18H2,(H,24,29)(H,25,26)(H,27,28). The Labute approximate surface area is 178 Å². The van der Waals surface area contributed by atoms with Crippen LogP contribution >= 0.6 is 0 Å². The Hall–Kier alpha value is -2.57. The van der Waals surface area contributed by atoms with E-state index in [-0.39, 0.29) is 18.7 Å². The van der Waals surface area contributed by atoms with Crippen molar-refractivity contribution in [1.82, 2.24) is 5.32 Å². The third kappa shape index (κ3) is 12.8. The van der Waals surface area contributed by atoms with Gasteiger partial charge in [0.05, 0.1) is 12.2 Å². The molecule has 0 saturated heterocycles. The smallest absolute Gasteiger partial charge is 0.303 e. The van der Waals surface area contributed by atoms with Crippen molar-refractivity contribution in [3.05, 3.63) is 29.8 Å². The first-order chi connectivity index (χ1) is 14.5. The molecule has 1 amide bonds. The van der Waals surface area contributed by atoms with E-state index < -0.39 is 11.9 Å². The van der Waals surface area contributed by atoms with Crippen molar-refractivity contribution in [2.45, 2.75) is 77.0 Å². The van der Waals surface area contributed by atoms with E-state index >= 15 is 0 Å². The second-order valence-corrected chi connectivity index (χ2v) is 7.42. The molecule has 0 unspecified atom stereocenters. The summed E-state index contributed by atoms with van der Waals surface area (Å²) in [5, 5.41) is 20.1. The normalized spacial score (nSPS) is 10.5. The maximum Gasteiger partial charge on any atom is 0.303 e. The highest BCUT2D eigenvalue weighted by Crippen LogP contribution is 2.18. The van der Waals surface area contributed by atoms with Gasteiger partial charge in [-0.25, -0.2) is 0 Å². The molecule has 0 fully saturated rings. The van der Waals surface area contributed by atoms with Crippen LogP contribution in [0.2, 0.25) is 0 Å². The zero-order valence-electron chi connectivity index (χ0n) is 17.7. The van der Waals surface area contributed by atoms with Gasteiger partial charge in [0.1, 0.15) is 5.75 Å². The maximum absolute atomic E-state index is 12.4. The van der Waals surface area contributed by atoms with Gasteiger partial charge in [0.25, 0.3) is 5.91 Å². The van der Waals surface area contributed by atoms with Crippen LogP contribution in [0, 0.1) is 0 Å². The lowest BCUT2D eigenvalue weighted by Crippen LogP contribution is -2.25. The van der Waals surface area contributed by atoms with Gasteiger partial charge in [0, 0.05) is 19.4 Å². The molecule has 0 spiro atoms. The average Bonchev–Trinajstić information content (AvgIpc) is 2.71. The molecule has 0 aliphatic rings. The van der Waals surface area contributed by atoms with Crippen LogP contribution in [0.5, 0.6) is 5.75 Å². The Morgan fingerprint density at radius 1 is 0.733 bits per heavy atom. The summed E-state index contributed by atoms with van der Waals surface area (Å²) in [6, 6.07) is 7.20. The van der Waals surface area contributed by atoms with Gasteiger partial charge in [0.15, 0.2) is 0 Å². The number of nitrogens with one attached hydrogen (secondary N) is 1. The van der Waals surface area contributed by atoms with Crippen LogP contribution in [0.15, 0.2) is 24.3 Å². The van der Waals surface area contributed by atoms with Crippen LogP contribution in [-0.2, 0) is 9.59 Å². The molecule has 0 aliphatic carbocycles. The second kappa shape index (κ2) is 16.3. The van der Waals surface area contributed by atoms with E-state index in [4.69, 9.17) is 14.9 Å². The number of para-hydroxylation sites is 1. The number of rotatable bonds is 18. The zero-order valence-corrected chi connectivity index (χ0v) is 17.7. The summed E-state index contributed by atoms with van der Waals surface area (Å²) in [4.78, 5) is 33.4. The van der Waals surface area contributed by atoms with Crippen molar-refractivity contribution in [3.63, 3.8) is 0 Å². The summed E-state index contributed by atoms with van der Waals surface area (Å²) in [6.07, 6.45) is 9.29. The summed E-state index contributed by atoms with van der Waals surface area (Å²) in [5.74, 6) is -1.07. The van der Waals surface area contributed by atoms with Crippen molar-refractivity contribution in [3.8, 4) is 5.75 Å². The highest BCUT2D eigenvalue weighted by molar-refractivity contribution is 5.96. The lowest BCUT2D eigenvalue weighted by atomic mass is 10.1. The van der Waals surface area contributed by atoms with Gasteiger partial charge >= 0.3 is 11.9 Å². The summed E-state index contributed by atoms with van der Waals surface area (Å²) < 4.78 is 5.79. The molecule has 1 rings (SSSR count). The molecule has 1 aromatic carbocycles. The van der Waals surface area contributed by atoms with Crippen LogP contribution in [0.3, 0.4) is 0 Å². The topological polar surface area (TPSA) is 113 Å². The predicted molar refractivity (Wildman–Crippen MR) is 115 cm³/mol. The molecule has 0 aliphatic heterocycles. The lowest BCUT2D eigenvalue weighted by molar-refractivity contribution is -0.138. The average molecular weight is 422 g/mol. The van der Waals surface area contributed by atoms with E-state index in [0.29, 0.717) is 37.3 Å². The van der Waals surface area contributed by atoms with Gasteiger partial charge in [-0.3, -0.25) is 14.4 Å². The molecule has 0 saturated carbocycles. The number of hydrogen-bond donors (Lipinski definition) is 3. The van der Waals surface area contributed by atoms with Gasteiger partial charge in [-0.2, -0.15) is 0 Å². The highest BCUT2D eigenvalue weighted by atomic mass is 16.5. The molecule has 168 valence electrons. The Balaban J connectivity index is 2.19. The Kier molecular flexibility index (Phi) is 13.8. The van der Waals surface area contributed by atoms with Gasteiger partial charge in [-0.1, -0.05) is 50.7 Å². The van der Waals surface area contributed by atoms with Gasteiger partial charge in [-0.05, 0) is 37.8 Å². The number of carbonyl (C=O) groups excluding carboxylic acids is 1. The molecule has 0 aromatic heterocycles. The fourth-order valence-corrected chi connectivity index (χ4v) is 3.10. The van der Waals surface area contributed by atoms with Gasteiger partial charge in [-0.15, -0.1) is 0 Å². The highest BCUT2D eigenvalue weighted by Gasteiger charge is 2.11. The van der Waals surface area contributed by atoms with Crippen LogP contribution in [0.25, 0.3) is 0 Å². The lowest BCUT2D eigenvalue weighted by Gasteiger charge is -2.12. The first-order valence-electron chi connectivity index (χ1n) is 10.9. The number of carboxylic acid groups (broad SMARTS) is 2. The van der Waals surface area contributed by atoms with Crippen LogP contribution in [0.1, 0.15) is 87.4 Å². The Morgan fingerprint density at radius 3 is 1.90 bits per heavy atom. The molecule has 0 bridgehead atoms. The number of carboxylic acids is 2. The van der Waals surface area contributed by atoms with Crippen molar-refractivity contribution < 1.29 is 29.3 Å². The fraction of sp³-hybridized carbons (Fsp3) is 0.609. The second-order valence-electron chi connectivity index (χ2n) is 7.42. The summed E-state index contributed by atoms with van der Waals surface area (Å²) in [5.41, 5.74) is 0.528. The largest absolute Gasteiger partial charge is 0.493 e. The molecule has 30 heavy (non-hydrogen) atoms. The minimum absolute atomic E-state index is 0.148. The monoisotopic (exact) mass is 421 g/mol. The number of carbonyl (C=O) groups is 3. The molecule has 7 nitrogen and oxygen atoms in total. The fourth-order valence-electron chi connectivity index (χ4n) is 3.10. The number of unbranched alkanes of at least 4 members (excludes halogenated alkanes) is 8. The number of aliphatic carboxylic acids is 2. The molecule has 1 aromatic rings. The number of hydrogen-bond acceptors (Lipinski definition) is 4. The van der Waals surface area contributed by atoms with E-state index in [2.05, 4.69) is 5.32 Å². The number of benzene rings is 1. The summed E-state index contributed by atoms with van der Waals surface area (Å²) in [7, 11) is 0. The van der Waals surface area contributed by atoms with Gasteiger partial charge in [0.2, 0.25) is 0 Å². The molecule has 7 heteroatoms. The van der Waals surface area contributed by atoms with Crippen molar-refractivity contribution in [2.75, 3.05) is 13.2 Å². The minimum atomic E-state index is -0.751. The first kappa shape index (κ1) is 25.5. The summed E-state index contributed by atoms with van der Waals surface area (Å²) >= 11 is 0. The van der Waals surface area contributed by atoms with Crippen LogP contribution < -0.4 is 10.1 Å². The number of amides is 1. The van der Waals surface area contributed by atoms with E-state index in [9.17, 15) is 14.4 Å². The van der Waals surface area contributed by atoms with E-state index in [1.807, 2.05) is 12.1 Å². The molecule has 0 radical (unpaired) electrons. The van der Waals surface area contributed by atoms with Crippen LogP contribution in [-0.4, -0.2) is 41.2 Å². The number of ether oxygens (including phenoxy) is 1. The molecule has 0 atom stereocenters. The SMILES string of the molecule is O=C(O)CCCCCCCNC(=O)c1ccccc1OCCCCCCCC(=O)O. The third-order valence-corrected chi connectivity index (χ3v) is 4.78. The maximum atomic E-state index is 12.4. The van der Waals surface area contributed by atoms with E-state index in [0.717, 1.165) is 51.4 Å². The Bertz CT molecular complexity index is 646.